The van der Waals surface area contributed by atoms with E-state index in [2.05, 4.69) is 31.8 Å². The Morgan fingerprint density at radius 2 is 1.76 bits per heavy atom. The van der Waals surface area contributed by atoms with Gasteiger partial charge in [0.15, 0.2) is 11.5 Å². The molecular weight excluding hydrogens is 558 g/mol. The van der Waals surface area contributed by atoms with Gasteiger partial charge >= 0.3 is 0 Å². The zero-order valence-electron chi connectivity index (χ0n) is 20.8. The van der Waals surface area contributed by atoms with Crippen LogP contribution in [-0.2, 0) is 11.4 Å². The van der Waals surface area contributed by atoms with Crippen LogP contribution >= 0.6 is 27.5 Å². The van der Waals surface area contributed by atoms with E-state index >= 15 is 0 Å². The lowest BCUT2D eigenvalue weighted by atomic mass is 10.0. The molecule has 0 aromatic heterocycles. The first-order valence-corrected chi connectivity index (χ1v) is 13.0. The maximum Gasteiger partial charge on any atom is 0.262 e. The van der Waals surface area contributed by atoms with Crippen LogP contribution in [0.4, 0.5) is 0 Å². The Hall–Kier alpha value is -3.36. The Morgan fingerprint density at radius 3 is 2.43 bits per heavy atom. The fraction of sp³-hybridized carbons (Fsp3) is 0.250. The molecule has 0 spiro atoms. The molecule has 0 aliphatic heterocycles. The summed E-state index contributed by atoms with van der Waals surface area (Å²) in [6.45, 7) is 6.42. The molecule has 2 N–H and O–H groups in total. The number of halogens is 2. The first-order valence-electron chi connectivity index (χ1n) is 11.8. The van der Waals surface area contributed by atoms with Gasteiger partial charge in [0, 0.05) is 4.47 Å². The summed E-state index contributed by atoms with van der Waals surface area (Å²) < 4.78 is 12.7. The van der Waals surface area contributed by atoms with Crippen LogP contribution in [0.25, 0.3) is 0 Å². The first kappa shape index (κ1) is 28.2. The van der Waals surface area contributed by atoms with Crippen molar-refractivity contribution in [2.45, 2.75) is 33.4 Å². The van der Waals surface area contributed by atoms with Gasteiger partial charge in [-0.2, -0.15) is 5.10 Å². The van der Waals surface area contributed by atoms with E-state index < -0.39 is 17.9 Å². The molecule has 0 fully saturated rings. The molecule has 0 bridgehead atoms. The molecule has 0 aliphatic rings. The van der Waals surface area contributed by atoms with Gasteiger partial charge in [0.1, 0.15) is 12.6 Å². The molecule has 3 aromatic carbocycles. The van der Waals surface area contributed by atoms with Gasteiger partial charge in [0.25, 0.3) is 11.8 Å². The number of nitrogens with zero attached hydrogens (tertiary/aromatic N) is 1. The van der Waals surface area contributed by atoms with Gasteiger partial charge in [-0.05, 0) is 66.4 Å². The second kappa shape index (κ2) is 13.8. The van der Waals surface area contributed by atoms with Crippen LogP contribution in [0.2, 0.25) is 5.02 Å². The number of rotatable bonds is 11. The van der Waals surface area contributed by atoms with E-state index in [0.717, 1.165) is 10.0 Å². The van der Waals surface area contributed by atoms with Crippen LogP contribution in [0.15, 0.2) is 76.3 Å². The lowest BCUT2D eigenvalue weighted by Crippen LogP contribution is -2.48. The normalized spacial score (nSPS) is 11.8. The van der Waals surface area contributed by atoms with Gasteiger partial charge < -0.3 is 14.8 Å². The van der Waals surface area contributed by atoms with E-state index in [1.807, 2.05) is 51.1 Å². The summed E-state index contributed by atoms with van der Waals surface area (Å²) in [5.41, 5.74) is 4.55. The molecule has 0 saturated carbocycles. The van der Waals surface area contributed by atoms with Gasteiger partial charge in [0.05, 0.1) is 23.4 Å². The van der Waals surface area contributed by atoms with E-state index in [4.69, 9.17) is 21.1 Å². The minimum atomic E-state index is -0.797. The summed E-state index contributed by atoms with van der Waals surface area (Å²) in [5, 5.41) is 7.12. The molecule has 0 radical (unpaired) electrons. The van der Waals surface area contributed by atoms with Crippen LogP contribution in [0.1, 0.15) is 42.3 Å². The highest BCUT2D eigenvalue weighted by molar-refractivity contribution is 9.10. The summed E-state index contributed by atoms with van der Waals surface area (Å²) in [4.78, 5) is 25.4. The minimum Gasteiger partial charge on any atom is -0.490 e. The van der Waals surface area contributed by atoms with Crippen molar-refractivity contribution < 1.29 is 19.1 Å². The molecule has 194 valence electrons. The highest BCUT2D eigenvalue weighted by Gasteiger charge is 2.25. The molecule has 9 heteroatoms. The number of hydrazone groups is 1. The Labute approximate surface area is 230 Å². The average Bonchev–Trinajstić information content (AvgIpc) is 2.87. The monoisotopic (exact) mass is 585 g/mol. The van der Waals surface area contributed by atoms with Gasteiger partial charge in [-0.15, -0.1) is 0 Å². The summed E-state index contributed by atoms with van der Waals surface area (Å²) in [7, 11) is 0. The molecular formula is C28H29BrClN3O4. The molecule has 0 saturated heterocycles. The highest BCUT2D eigenvalue weighted by Crippen LogP contribution is 2.29. The largest absolute Gasteiger partial charge is 0.490 e. The van der Waals surface area contributed by atoms with E-state index in [1.165, 1.54) is 6.21 Å². The van der Waals surface area contributed by atoms with E-state index in [1.54, 1.807) is 36.4 Å². The second-order valence-corrected chi connectivity index (χ2v) is 9.79. The number of amides is 2. The number of carbonyl (C=O) groups is 2. The van der Waals surface area contributed by atoms with Crippen LogP contribution in [0, 0.1) is 5.92 Å². The third-order valence-electron chi connectivity index (χ3n) is 5.32. The van der Waals surface area contributed by atoms with Crippen molar-refractivity contribution in [2.75, 3.05) is 6.61 Å². The quantitative estimate of drug-likeness (QED) is 0.214. The number of hydrogen-bond acceptors (Lipinski definition) is 5. The Kier molecular flexibility index (Phi) is 10.5. The number of hydrogen-bond donors (Lipinski definition) is 2. The summed E-state index contributed by atoms with van der Waals surface area (Å²) >= 11 is 9.54. The highest BCUT2D eigenvalue weighted by atomic mass is 79.9. The summed E-state index contributed by atoms with van der Waals surface area (Å²) in [5.74, 6) is 0.137. The number of ether oxygens (including phenoxy) is 2. The molecule has 37 heavy (non-hydrogen) atoms. The van der Waals surface area contributed by atoms with Crippen molar-refractivity contribution in [2.24, 2.45) is 11.0 Å². The standard InChI is InChI=1S/C28H29BrClN3O4/c1-4-36-25-15-20(11-14-24(25)37-17-19-9-12-21(29)13-10-19)16-31-33-28(35)26(18(2)3)32-27(34)22-7-5-6-8-23(22)30/h5-16,18,26H,4,17H2,1-3H3,(H,32,34)(H,33,35). The summed E-state index contributed by atoms with van der Waals surface area (Å²) in [6, 6.07) is 19.2. The maximum absolute atomic E-state index is 12.8. The molecule has 3 rings (SSSR count). The Morgan fingerprint density at radius 1 is 1.03 bits per heavy atom. The third kappa shape index (κ3) is 8.33. The van der Waals surface area contributed by atoms with Crippen LogP contribution in [-0.4, -0.2) is 30.7 Å². The van der Waals surface area contributed by atoms with Crippen molar-refractivity contribution in [3.05, 3.63) is 92.9 Å². The fourth-order valence-corrected chi connectivity index (χ4v) is 3.86. The van der Waals surface area contributed by atoms with Crippen molar-refractivity contribution in [3.63, 3.8) is 0 Å². The molecule has 7 nitrogen and oxygen atoms in total. The molecule has 2 amide bonds. The van der Waals surface area contributed by atoms with Gasteiger partial charge in [-0.25, -0.2) is 5.43 Å². The van der Waals surface area contributed by atoms with Crippen molar-refractivity contribution in [1.29, 1.82) is 0 Å². The molecule has 0 aliphatic carbocycles. The number of nitrogens with one attached hydrogen (secondary N) is 2. The van der Waals surface area contributed by atoms with Gasteiger partial charge in [-0.3, -0.25) is 9.59 Å². The van der Waals surface area contributed by atoms with Crippen LogP contribution in [0.5, 0.6) is 11.5 Å². The fourth-order valence-electron chi connectivity index (χ4n) is 3.37. The van der Waals surface area contributed by atoms with Crippen molar-refractivity contribution in [1.82, 2.24) is 10.7 Å². The van der Waals surface area contributed by atoms with Crippen LogP contribution in [0.3, 0.4) is 0 Å². The van der Waals surface area contributed by atoms with Gasteiger partial charge in [-0.1, -0.05) is 65.6 Å². The SMILES string of the molecule is CCOc1cc(C=NNC(=O)C(NC(=O)c2ccccc2Cl)C(C)C)ccc1OCc1ccc(Br)cc1. The molecule has 0 heterocycles. The lowest BCUT2D eigenvalue weighted by molar-refractivity contribution is -0.123. The Bertz CT molecular complexity index is 1250. The van der Waals surface area contributed by atoms with E-state index in [-0.39, 0.29) is 5.92 Å². The molecule has 1 atom stereocenters. The minimum absolute atomic E-state index is 0.173. The predicted molar refractivity (Wildman–Crippen MR) is 149 cm³/mol. The maximum atomic E-state index is 12.8. The topological polar surface area (TPSA) is 89.0 Å². The smallest absolute Gasteiger partial charge is 0.262 e. The van der Waals surface area contributed by atoms with E-state index in [9.17, 15) is 9.59 Å². The Balaban J connectivity index is 1.64. The van der Waals surface area contributed by atoms with Crippen molar-refractivity contribution in [3.8, 4) is 11.5 Å². The zero-order chi connectivity index (χ0) is 26.8. The first-order chi connectivity index (χ1) is 17.8. The van der Waals surface area contributed by atoms with Crippen LogP contribution < -0.4 is 20.2 Å². The molecule has 1 unspecified atom stereocenters. The second-order valence-electron chi connectivity index (χ2n) is 8.46. The number of benzene rings is 3. The average molecular weight is 587 g/mol. The zero-order valence-corrected chi connectivity index (χ0v) is 23.2. The lowest BCUT2D eigenvalue weighted by Gasteiger charge is -2.20. The predicted octanol–water partition coefficient (Wildman–Crippen LogP) is 5.98. The van der Waals surface area contributed by atoms with E-state index in [0.29, 0.717) is 40.9 Å². The molecule has 3 aromatic rings. The van der Waals surface area contributed by atoms with Crippen molar-refractivity contribution >= 4 is 45.6 Å². The van der Waals surface area contributed by atoms with Gasteiger partial charge in [0.2, 0.25) is 0 Å². The third-order valence-corrected chi connectivity index (χ3v) is 6.18. The number of carbonyl (C=O) groups excluding carboxylic acids is 2. The summed E-state index contributed by atoms with van der Waals surface area (Å²) in [6.07, 6.45) is 1.51.